The molecule has 2 rings (SSSR count). The topological polar surface area (TPSA) is 66.5 Å². The summed E-state index contributed by atoms with van der Waals surface area (Å²) in [4.78, 5) is 0. The molecule has 0 fully saturated rings. The maximum atomic E-state index is 4.21. The van der Waals surface area contributed by atoms with Gasteiger partial charge in [-0.2, -0.15) is 5.10 Å². The lowest BCUT2D eigenvalue weighted by atomic mass is 10.1. The van der Waals surface area contributed by atoms with Crippen LogP contribution in [0.2, 0.25) is 0 Å². The van der Waals surface area contributed by atoms with Crippen molar-refractivity contribution in [1.29, 1.82) is 0 Å². The molecule has 2 N–H and O–H groups in total. The zero-order valence-corrected chi connectivity index (χ0v) is 11.8. The Balaban J connectivity index is 1.81. The smallest absolute Gasteiger partial charge is 0.150 e. The van der Waals surface area contributed by atoms with Gasteiger partial charge in [0, 0.05) is 18.2 Å². The van der Waals surface area contributed by atoms with Crippen LogP contribution in [0.5, 0.6) is 0 Å². The second-order valence-electron chi connectivity index (χ2n) is 5.27. The number of aromatic nitrogens is 4. The highest BCUT2D eigenvalue weighted by atomic mass is 32.1. The quantitative estimate of drug-likeness (QED) is 0.814. The highest BCUT2D eigenvalue weighted by Crippen LogP contribution is 2.22. The maximum Gasteiger partial charge on any atom is 0.150 e. The van der Waals surface area contributed by atoms with E-state index in [1.807, 2.05) is 6.20 Å². The van der Waals surface area contributed by atoms with E-state index in [1.54, 1.807) is 17.5 Å². The number of aryl methyl sites for hydroxylation is 1. The van der Waals surface area contributed by atoms with Gasteiger partial charge in [0.1, 0.15) is 5.01 Å². The fraction of sp³-hybridized carbons (Fsp3) is 0.583. The zero-order chi connectivity index (χ0) is 13.0. The van der Waals surface area contributed by atoms with Crippen molar-refractivity contribution >= 4 is 11.3 Å². The van der Waals surface area contributed by atoms with Gasteiger partial charge in [-0.3, -0.25) is 5.10 Å². The Bertz CT molecular complexity index is 469. The molecular weight excluding hydrogens is 246 g/mol. The molecule has 0 radical (unpaired) electrons. The summed E-state index contributed by atoms with van der Waals surface area (Å²) in [5, 5.41) is 20.6. The molecule has 18 heavy (non-hydrogen) atoms. The number of nitrogens with one attached hydrogen (secondary N) is 2. The van der Waals surface area contributed by atoms with E-state index in [9.17, 15) is 0 Å². The summed E-state index contributed by atoms with van der Waals surface area (Å²) in [6.45, 7) is 7.53. The van der Waals surface area contributed by atoms with Crippen LogP contribution in [0.25, 0.3) is 10.6 Å². The van der Waals surface area contributed by atoms with Crippen molar-refractivity contribution in [3.63, 3.8) is 0 Å². The van der Waals surface area contributed by atoms with E-state index in [1.165, 1.54) is 0 Å². The summed E-state index contributed by atoms with van der Waals surface area (Å²) in [5.74, 6) is 0. The summed E-state index contributed by atoms with van der Waals surface area (Å²) in [6, 6.07) is 0. The molecule has 5 nitrogen and oxygen atoms in total. The van der Waals surface area contributed by atoms with Gasteiger partial charge in [0.05, 0.1) is 11.8 Å². The van der Waals surface area contributed by atoms with Gasteiger partial charge in [0.15, 0.2) is 5.01 Å². The van der Waals surface area contributed by atoms with Crippen LogP contribution in [0.1, 0.15) is 32.2 Å². The van der Waals surface area contributed by atoms with Crippen molar-refractivity contribution < 1.29 is 0 Å². The SMILES string of the molecule is CC(C)(C)NCCCc1nnc(-c2cn[nH]c2)s1. The third-order valence-electron chi connectivity index (χ3n) is 2.43. The second-order valence-corrected chi connectivity index (χ2v) is 6.33. The van der Waals surface area contributed by atoms with Gasteiger partial charge in [0.25, 0.3) is 0 Å². The first-order valence-corrected chi connectivity index (χ1v) is 6.93. The second kappa shape index (κ2) is 5.58. The Hall–Kier alpha value is -1.27. The number of H-pyrrole nitrogens is 1. The molecule has 6 heteroatoms. The minimum atomic E-state index is 0.184. The highest BCUT2D eigenvalue weighted by molar-refractivity contribution is 7.14. The average Bonchev–Trinajstić information content (AvgIpc) is 2.93. The predicted octanol–water partition coefficient (Wildman–Crippen LogP) is 2.25. The summed E-state index contributed by atoms with van der Waals surface area (Å²) < 4.78 is 0. The minimum Gasteiger partial charge on any atom is -0.312 e. The molecule has 0 bridgehead atoms. The van der Waals surface area contributed by atoms with Gasteiger partial charge in [-0.05, 0) is 33.7 Å². The number of rotatable bonds is 5. The van der Waals surface area contributed by atoms with Gasteiger partial charge in [0.2, 0.25) is 0 Å². The van der Waals surface area contributed by atoms with Crippen molar-refractivity contribution in [3.05, 3.63) is 17.4 Å². The molecule has 0 aliphatic carbocycles. The fourth-order valence-corrected chi connectivity index (χ4v) is 2.40. The molecule has 0 amide bonds. The van der Waals surface area contributed by atoms with E-state index >= 15 is 0 Å². The molecule has 2 aromatic heterocycles. The Morgan fingerprint density at radius 3 is 2.83 bits per heavy atom. The fourth-order valence-electron chi connectivity index (χ4n) is 1.54. The van der Waals surface area contributed by atoms with Crippen LogP contribution in [0.15, 0.2) is 12.4 Å². The Labute approximate surface area is 111 Å². The molecule has 98 valence electrons. The number of nitrogens with zero attached hydrogens (tertiary/aromatic N) is 3. The van der Waals surface area contributed by atoms with E-state index in [0.29, 0.717) is 0 Å². The maximum absolute atomic E-state index is 4.21. The van der Waals surface area contributed by atoms with Crippen LogP contribution in [0.4, 0.5) is 0 Å². The van der Waals surface area contributed by atoms with Crippen LogP contribution in [-0.4, -0.2) is 32.5 Å². The normalized spacial score (nSPS) is 11.9. The van der Waals surface area contributed by atoms with E-state index in [0.717, 1.165) is 35.0 Å². The number of aromatic amines is 1. The largest absolute Gasteiger partial charge is 0.312 e. The lowest BCUT2D eigenvalue weighted by molar-refractivity contribution is 0.422. The van der Waals surface area contributed by atoms with E-state index in [2.05, 4.69) is 46.5 Å². The highest BCUT2D eigenvalue weighted by Gasteiger charge is 2.09. The van der Waals surface area contributed by atoms with Crippen LogP contribution >= 0.6 is 11.3 Å². The monoisotopic (exact) mass is 265 g/mol. The van der Waals surface area contributed by atoms with E-state index < -0.39 is 0 Å². The number of hydrogen-bond donors (Lipinski definition) is 2. The van der Waals surface area contributed by atoms with Gasteiger partial charge in [-0.25, -0.2) is 0 Å². The molecule has 0 aromatic carbocycles. The molecule has 0 atom stereocenters. The molecule has 2 heterocycles. The van der Waals surface area contributed by atoms with Crippen molar-refractivity contribution in [2.45, 2.75) is 39.2 Å². The molecule has 0 saturated heterocycles. The van der Waals surface area contributed by atoms with E-state index in [4.69, 9.17) is 0 Å². The van der Waals surface area contributed by atoms with Crippen molar-refractivity contribution in [2.24, 2.45) is 0 Å². The number of hydrogen-bond acceptors (Lipinski definition) is 5. The summed E-state index contributed by atoms with van der Waals surface area (Å²) in [7, 11) is 0. The Kier molecular flexibility index (Phi) is 4.08. The Morgan fingerprint density at radius 2 is 2.17 bits per heavy atom. The summed E-state index contributed by atoms with van der Waals surface area (Å²) in [5.41, 5.74) is 1.19. The van der Waals surface area contributed by atoms with Crippen LogP contribution < -0.4 is 5.32 Å². The van der Waals surface area contributed by atoms with Crippen LogP contribution in [-0.2, 0) is 6.42 Å². The lowest BCUT2D eigenvalue weighted by Gasteiger charge is -2.20. The molecule has 0 aliphatic rings. The van der Waals surface area contributed by atoms with Crippen molar-refractivity contribution in [2.75, 3.05) is 6.54 Å². The molecule has 2 aromatic rings. The minimum absolute atomic E-state index is 0.184. The summed E-state index contributed by atoms with van der Waals surface area (Å²) in [6.07, 6.45) is 5.66. The third kappa shape index (κ3) is 3.89. The molecule has 0 aliphatic heterocycles. The van der Waals surface area contributed by atoms with Crippen molar-refractivity contribution in [3.8, 4) is 10.6 Å². The molecule has 0 unspecified atom stereocenters. The average molecular weight is 265 g/mol. The summed E-state index contributed by atoms with van der Waals surface area (Å²) >= 11 is 1.64. The van der Waals surface area contributed by atoms with Gasteiger partial charge in [-0.15, -0.1) is 10.2 Å². The molecular formula is C12H19N5S. The molecule has 0 spiro atoms. The van der Waals surface area contributed by atoms with Crippen LogP contribution in [0.3, 0.4) is 0 Å². The van der Waals surface area contributed by atoms with Gasteiger partial charge >= 0.3 is 0 Å². The molecule has 0 saturated carbocycles. The zero-order valence-electron chi connectivity index (χ0n) is 11.0. The predicted molar refractivity (Wildman–Crippen MR) is 73.6 cm³/mol. The first-order chi connectivity index (χ1) is 8.54. The Morgan fingerprint density at radius 1 is 1.33 bits per heavy atom. The van der Waals surface area contributed by atoms with Gasteiger partial charge < -0.3 is 5.32 Å². The van der Waals surface area contributed by atoms with Crippen LogP contribution in [0, 0.1) is 0 Å². The first-order valence-electron chi connectivity index (χ1n) is 6.11. The third-order valence-corrected chi connectivity index (χ3v) is 3.47. The first kappa shape index (κ1) is 13.2. The standard InChI is InChI=1S/C12H19N5S/c1-12(2,3)13-6-4-5-10-16-17-11(18-10)9-7-14-15-8-9/h7-8,13H,4-6H2,1-3H3,(H,14,15). The lowest BCUT2D eigenvalue weighted by Crippen LogP contribution is -2.36. The van der Waals surface area contributed by atoms with Gasteiger partial charge in [-0.1, -0.05) is 11.3 Å². The van der Waals surface area contributed by atoms with E-state index in [-0.39, 0.29) is 5.54 Å². The van der Waals surface area contributed by atoms with Crippen molar-refractivity contribution in [1.82, 2.24) is 25.7 Å².